The van der Waals surface area contributed by atoms with Crippen molar-refractivity contribution in [2.45, 2.75) is 149 Å². The van der Waals surface area contributed by atoms with Crippen LogP contribution >= 0.6 is 0 Å². The number of unbranched alkanes of at least 4 members (excludes halogenated alkanes) is 18. The van der Waals surface area contributed by atoms with E-state index in [9.17, 15) is 4.79 Å². The summed E-state index contributed by atoms with van der Waals surface area (Å²) in [6.45, 7) is 15.5. The maximum absolute atomic E-state index is 11.7. The molecule has 12 nitrogen and oxygen atoms in total. The molecule has 0 aromatic heterocycles. The van der Waals surface area contributed by atoms with Gasteiger partial charge in [0.05, 0.1) is 126 Å². The van der Waals surface area contributed by atoms with Crippen LogP contribution in [0.25, 0.3) is 0 Å². The molecular formula is C45H90O12. The Bertz CT molecular complexity index is 732. The predicted molar refractivity (Wildman–Crippen MR) is 227 cm³/mol. The summed E-state index contributed by atoms with van der Waals surface area (Å²) in [6, 6.07) is 0. The molecule has 0 bridgehead atoms. The quantitative estimate of drug-likeness (QED) is 0.0431. The smallest absolute Gasteiger partial charge is 0.305 e. The van der Waals surface area contributed by atoms with Crippen molar-refractivity contribution in [3.05, 3.63) is 0 Å². The fourth-order valence-electron chi connectivity index (χ4n) is 5.82. The van der Waals surface area contributed by atoms with Crippen molar-refractivity contribution in [2.24, 2.45) is 0 Å². The molecule has 0 saturated heterocycles. The van der Waals surface area contributed by atoms with E-state index in [1.807, 2.05) is 0 Å². The molecule has 0 amide bonds. The second-order valence-corrected chi connectivity index (χ2v) is 14.5. The second kappa shape index (κ2) is 53.1. The fourth-order valence-corrected chi connectivity index (χ4v) is 5.82. The van der Waals surface area contributed by atoms with E-state index in [1.54, 1.807) is 0 Å². The van der Waals surface area contributed by atoms with Gasteiger partial charge in [-0.2, -0.15) is 0 Å². The van der Waals surface area contributed by atoms with Crippen LogP contribution in [0, 0.1) is 0 Å². The number of hydrogen-bond donors (Lipinski definition) is 0. The minimum Gasteiger partial charge on any atom is -0.463 e. The van der Waals surface area contributed by atoms with Crippen LogP contribution < -0.4 is 0 Å². The molecule has 0 N–H and O–H groups in total. The standard InChI is InChI=1S/C45H90O12/c1-3-5-7-9-11-12-13-14-15-16-17-18-20-22-24-47-25-26-48-27-28-49-29-30-50-31-32-51-33-34-52-35-36-53-37-38-54-39-40-55-41-42-56-43-44-57-45(46)23-21-19-10-8-6-4-2/h3-44H2,1-2H3. The Kier molecular flexibility index (Phi) is 52.2. The van der Waals surface area contributed by atoms with Crippen molar-refractivity contribution in [2.75, 3.05) is 139 Å². The van der Waals surface area contributed by atoms with Crippen LogP contribution in [-0.2, 0) is 56.9 Å². The minimum absolute atomic E-state index is 0.140. The molecule has 57 heavy (non-hydrogen) atoms. The first-order chi connectivity index (χ1) is 28.3. The predicted octanol–water partition coefficient (Wildman–Crippen LogP) is 8.93. The van der Waals surface area contributed by atoms with E-state index >= 15 is 0 Å². The first-order valence-electron chi connectivity index (χ1n) is 23.2. The van der Waals surface area contributed by atoms with E-state index in [4.69, 9.17) is 52.1 Å². The first-order valence-corrected chi connectivity index (χ1v) is 23.2. The third-order valence-electron chi connectivity index (χ3n) is 9.22. The van der Waals surface area contributed by atoms with Gasteiger partial charge in [0.1, 0.15) is 6.61 Å². The van der Waals surface area contributed by atoms with Crippen LogP contribution in [0.1, 0.15) is 149 Å². The molecule has 0 aromatic rings. The van der Waals surface area contributed by atoms with E-state index in [2.05, 4.69) is 13.8 Å². The summed E-state index contributed by atoms with van der Waals surface area (Å²) in [5, 5.41) is 0. The Morgan fingerprint density at radius 3 is 0.737 bits per heavy atom. The van der Waals surface area contributed by atoms with Crippen LogP contribution in [0.4, 0.5) is 0 Å². The first kappa shape index (κ1) is 56.1. The van der Waals surface area contributed by atoms with Gasteiger partial charge in [0.25, 0.3) is 0 Å². The summed E-state index contributed by atoms with van der Waals surface area (Å²) in [4.78, 5) is 11.7. The number of rotatable bonds is 52. The number of hydrogen-bond acceptors (Lipinski definition) is 12. The molecular weight excluding hydrogens is 732 g/mol. The summed E-state index contributed by atoms with van der Waals surface area (Å²) in [5.74, 6) is -0.140. The molecule has 0 spiro atoms. The molecule has 0 heterocycles. The third-order valence-corrected chi connectivity index (χ3v) is 9.22. The number of esters is 1. The molecule has 0 fully saturated rings. The summed E-state index contributed by atoms with van der Waals surface area (Å²) in [6.07, 6.45) is 26.7. The fraction of sp³-hybridized carbons (Fsp3) is 0.978. The molecule has 12 heteroatoms. The zero-order valence-electron chi connectivity index (χ0n) is 37.1. The maximum Gasteiger partial charge on any atom is 0.305 e. The normalized spacial score (nSPS) is 11.5. The summed E-state index contributed by atoms with van der Waals surface area (Å²) in [7, 11) is 0. The lowest BCUT2D eigenvalue weighted by molar-refractivity contribution is -0.145. The van der Waals surface area contributed by atoms with Crippen LogP contribution in [0.3, 0.4) is 0 Å². The zero-order valence-corrected chi connectivity index (χ0v) is 37.1. The maximum atomic E-state index is 11.7. The molecule has 342 valence electrons. The highest BCUT2D eigenvalue weighted by Gasteiger charge is 2.03. The van der Waals surface area contributed by atoms with Gasteiger partial charge in [-0.15, -0.1) is 0 Å². The van der Waals surface area contributed by atoms with E-state index < -0.39 is 0 Å². The lowest BCUT2D eigenvalue weighted by Crippen LogP contribution is -2.15. The van der Waals surface area contributed by atoms with Crippen molar-refractivity contribution in [1.82, 2.24) is 0 Å². The van der Waals surface area contributed by atoms with Gasteiger partial charge in [-0.25, -0.2) is 0 Å². The SMILES string of the molecule is CCCCCCCCCCCCCCCCOCCOCCOCCOCCOCCOCCOCCOCCOCCOCCOC(=O)CCCCCCCC. The van der Waals surface area contributed by atoms with Gasteiger partial charge < -0.3 is 52.1 Å². The molecule has 0 aliphatic rings. The summed E-state index contributed by atoms with van der Waals surface area (Å²) in [5.41, 5.74) is 0. The van der Waals surface area contributed by atoms with E-state index in [0.29, 0.717) is 132 Å². The number of carbonyl (C=O) groups excluding carboxylic acids is 1. The Labute approximate surface area is 349 Å². The van der Waals surface area contributed by atoms with Gasteiger partial charge in [-0.05, 0) is 12.8 Å². The highest BCUT2D eigenvalue weighted by molar-refractivity contribution is 5.69. The van der Waals surface area contributed by atoms with Crippen LogP contribution in [0.2, 0.25) is 0 Å². The summed E-state index contributed by atoms with van der Waals surface area (Å²) < 4.78 is 60.5. The van der Waals surface area contributed by atoms with Crippen molar-refractivity contribution in [3.8, 4) is 0 Å². The van der Waals surface area contributed by atoms with Crippen LogP contribution in [0.15, 0.2) is 0 Å². The van der Waals surface area contributed by atoms with Crippen molar-refractivity contribution < 1.29 is 56.9 Å². The second-order valence-electron chi connectivity index (χ2n) is 14.5. The van der Waals surface area contributed by atoms with Gasteiger partial charge in [0.2, 0.25) is 0 Å². The summed E-state index contributed by atoms with van der Waals surface area (Å²) >= 11 is 0. The lowest BCUT2D eigenvalue weighted by atomic mass is 10.0. The zero-order chi connectivity index (χ0) is 41.1. The van der Waals surface area contributed by atoms with Gasteiger partial charge >= 0.3 is 5.97 Å². The van der Waals surface area contributed by atoms with Crippen molar-refractivity contribution in [3.63, 3.8) is 0 Å². The average Bonchev–Trinajstić information content (AvgIpc) is 3.22. The monoisotopic (exact) mass is 823 g/mol. The highest BCUT2D eigenvalue weighted by atomic mass is 16.6. The molecule has 0 unspecified atom stereocenters. The van der Waals surface area contributed by atoms with Crippen LogP contribution in [0.5, 0.6) is 0 Å². The van der Waals surface area contributed by atoms with E-state index in [-0.39, 0.29) is 12.6 Å². The molecule has 0 aliphatic heterocycles. The Balaban J connectivity index is 3.09. The molecule has 0 aliphatic carbocycles. The minimum atomic E-state index is -0.140. The Morgan fingerprint density at radius 2 is 0.456 bits per heavy atom. The average molecular weight is 823 g/mol. The highest BCUT2D eigenvalue weighted by Crippen LogP contribution is 2.13. The van der Waals surface area contributed by atoms with E-state index in [0.717, 1.165) is 25.9 Å². The van der Waals surface area contributed by atoms with Crippen LogP contribution in [-0.4, -0.2) is 145 Å². The Morgan fingerprint density at radius 1 is 0.246 bits per heavy atom. The largest absolute Gasteiger partial charge is 0.463 e. The third kappa shape index (κ3) is 53.1. The number of ether oxygens (including phenoxy) is 11. The topological polar surface area (TPSA) is 119 Å². The van der Waals surface area contributed by atoms with Crippen molar-refractivity contribution >= 4 is 5.97 Å². The molecule has 0 saturated carbocycles. The van der Waals surface area contributed by atoms with E-state index in [1.165, 1.54) is 109 Å². The number of carbonyl (C=O) groups is 1. The van der Waals surface area contributed by atoms with Gasteiger partial charge in [-0.3, -0.25) is 4.79 Å². The van der Waals surface area contributed by atoms with Gasteiger partial charge in [0, 0.05) is 13.0 Å². The van der Waals surface area contributed by atoms with Gasteiger partial charge in [0.15, 0.2) is 0 Å². The molecule has 0 atom stereocenters. The Hall–Kier alpha value is -0.930. The molecule has 0 aromatic carbocycles. The molecule has 0 radical (unpaired) electrons. The molecule has 0 rings (SSSR count). The van der Waals surface area contributed by atoms with Gasteiger partial charge in [-0.1, -0.05) is 129 Å². The van der Waals surface area contributed by atoms with Crippen molar-refractivity contribution in [1.29, 1.82) is 0 Å². The lowest BCUT2D eigenvalue weighted by Gasteiger charge is -2.09.